The summed E-state index contributed by atoms with van der Waals surface area (Å²) in [6.07, 6.45) is 1.29. The number of thiophene rings is 1. The Balaban J connectivity index is 2.86. The molecule has 5 heteroatoms. The molecular formula is C13H20N2OS2. The van der Waals surface area contributed by atoms with E-state index in [1.165, 1.54) is 0 Å². The van der Waals surface area contributed by atoms with Gasteiger partial charge in [0, 0.05) is 13.6 Å². The Bertz CT molecular complexity index is 411. The van der Waals surface area contributed by atoms with E-state index in [2.05, 4.69) is 0 Å². The fourth-order valence-corrected chi connectivity index (χ4v) is 3.14. The average molecular weight is 284 g/mol. The lowest BCUT2D eigenvalue weighted by molar-refractivity contribution is -0.137. The van der Waals surface area contributed by atoms with Crippen LogP contribution in [0.4, 0.5) is 0 Å². The fraction of sp³-hybridized carbons (Fsp3) is 0.538. The monoisotopic (exact) mass is 284 g/mol. The average Bonchev–Trinajstić information content (AvgIpc) is 2.83. The highest BCUT2D eigenvalue weighted by atomic mass is 32.1. The molecule has 1 heterocycles. The Labute approximate surface area is 118 Å². The second kappa shape index (κ2) is 6.29. The van der Waals surface area contributed by atoms with Crippen molar-refractivity contribution in [3.8, 4) is 0 Å². The van der Waals surface area contributed by atoms with Crippen LogP contribution >= 0.6 is 23.6 Å². The number of rotatable bonds is 6. The van der Waals surface area contributed by atoms with Gasteiger partial charge in [0.05, 0.1) is 10.4 Å². The molecule has 2 N–H and O–H groups in total. The van der Waals surface area contributed by atoms with Crippen molar-refractivity contribution >= 4 is 34.5 Å². The summed E-state index contributed by atoms with van der Waals surface area (Å²) in [4.78, 5) is 14.6. The van der Waals surface area contributed by atoms with E-state index in [9.17, 15) is 4.79 Å². The SMILES string of the molecule is CCC(CC)(C(=O)N(C)Cc1ccsc1)C(N)=S. The molecule has 3 nitrogen and oxygen atoms in total. The third-order valence-electron chi connectivity index (χ3n) is 3.43. The summed E-state index contributed by atoms with van der Waals surface area (Å²) in [5.74, 6) is 0.0196. The van der Waals surface area contributed by atoms with Gasteiger partial charge >= 0.3 is 0 Å². The number of amides is 1. The van der Waals surface area contributed by atoms with Gasteiger partial charge in [-0.25, -0.2) is 0 Å². The van der Waals surface area contributed by atoms with Crippen molar-refractivity contribution in [2.75, 3.05) is 7.05 Å². The number of hydrogen-bond donors (Lipinski definition) is 1. The first kappa shape index (κ1) is 15.1. The molecule has 1 aromatic rings. The lowest BCUT2D eigenvalue weighted by atomic mass is 9.80. The molecule has 0 spiro atoms. The van der Waals surface area contributed by atoms with Gasteiger partial charge in [0.15, 0.2) is 0 Å². The molecule has 0 atom stereocenters. The molecule has 1 amide bonds. The molecule has 0 saturated heterocycles. The van der Waals surface area contributed by atoms with Crippen LogP contribution in [-0.2, 0) is 11.3 Å². The number of carbonyl (C=O) groups is 1. The minimum absolute atomic E-state index is 0.0196. The fourth-order valence-electron chi connectivity index (χ4n) is 2.10. The first-order valence-electron chi connectivity index (χ1n) is 6.04. The van der Waals surface area contributed by atoms with Crippen molar-refractivity contribution in [1.82, 2.24) is 4.90 Å². The summed E-state index contributed by atoms with van der Waals surface area (Å²) in [6.45, 7) is 4.52. The highest BCUT2D eigenvalue weighted by molar-refractivity contribution is 7.80. The molecule has 0 saturated carbocycles. The van der Waals surface area contributed by atoms with E-state index in [4.69, 9.17) is 18.0 Å². The lowest BCUT2D eigenvalue weighted by Crippen LogP contribution is -2.48. The van der Waals surface area contributed by atoms with Gasteiger partial charge in [-0.1, -0.05) is 26.1 Å². The van der Waals surface area contributed by atoms with E-state index in [1.54, 1.807) is 23.3 Å². The van der Waals surface area contributed by atoms with Crippen molar-refractivity contribution in [1.29, 1.82) is 0 Å². The Morgan fingerprint density at radius 1 is 1.50 bits per heavy atom. The van der Waals surface area contributed by atoms with Gasteiger partial charge < -0.3 is 10.6 Å². The van der Waals surface area contributed by atoms with Gasteiger partial charge in [0.2, 0.25) is 5.91 Å². The molecule has 100 valence electrons. The molecule has 18 heavy (non-hydrogen) atoms. The van der Waals surface area contributed by atoms with Gasteiger partial charge in [-0.3, -0.25) is 4.79 Å². The molecule has 0 unspecified atom stereocenters. The Morgan fingerprint density at radius 2 is 2.11 bits per heavy atom. The van der Waals surface area contributed by atoms with Crippen LogP contribution in [0.3, 0.4) is 0 Å². The van der Waals surface area contributed by atoms with Crippen LogP contribution in [0.15, 0.2) is 16.8 Å². The third-order valence-corrected chi connectivity index (χ3v) is 4.56. The van der Waals surface area contributed by atoms with Gasteiger partial charge in [0.25, 0.3) is 0 Å². The Hall–Kier alpha value is -0.940. The highest BCUT2D eigenvalue weighted by Gasteiger charge is 2.39. The number of nitrogens with two attached hydrogens (primary N) is 1. The molecule has 0 radical (unpaired) electrons. The van der Waals surface area contributed by atoms with Crippen molar-refractivity contribution < 1.29 is 4.79 Å². The maximum atomic E-state index is 12.6. The van der Waals surface area contributed by atoms with Gasteiger partial charge in [-0.05, 0) is 35.2 Å². The van der Waals surface area contributed by atoms with Crippen molar-refractivity contribution in [2.24, 2.45) is 11.1 Å². The van der Waals surface area contributed by atoms with Crippen LogP contribution in [0.5, 0.6) is 0 Å². The summed E-state index contributed by atoms with van der Waals surface area (Å²) in [5, 5.41) is 4.05. The molecule has 0 aliphatic heterocycles. The number of carbonyl (C=O) groups excluding carboxylic acids is 1. The van der Waals surface area contributed by atoms with E-state index < -0.39 is 5.41 Å². The van der Waals surface area contributed by atoms with Crippen LogP contribution in [0.2, 0.25) is 0 Å². The molecule has 1 rings (SSSR count). The van der Waals surface area contributed by atoms with Crippen LogP contribution in [-0.4, -0.2) is 22.8 Å². The third kappa shape index (κ3) is 2.90. The summed E-state index contributed by atoms with van der Waals surface area (Å²) in [7, 11) is 1.80. The first-order chi connectivity index (χ1) is 8.47. The highest BCUT2D eigenvalue weighted by Crippen LogP contribution is 2.29. The predicted octanol–water partition coefficient (Wildman–Crippen LogP) is 2.80. The van der Waals surface area contributed by atoms with Gasteiger partial charge in [0.1, 0.15) is 0 Å². The zero-order valence-corrected chi connectivity index (χ0v) is 12.7. The first-order valence-corrected chi connectivity index (χ1v) is 7.39. The summed E-state index contributed by atoms with van der Waals surface area (Å²) in [5.41, 5.74) is 6.24. The Morgan fingerprint density at radius 3 is 2.50 bits per heavy atom. The van der Waals surface area contributed by atoms with Crippen molar-refractivity contribution in [3.05, 3.63) is 22.4 Å². The normalized spacial score (nSPS) is 11.3. The standard InChI is InChI=1S/C13H20N2OS2/c1-4-13(5-2,11(14)17)12(16)15(3)8-10-6-7-18-9-10/h6-7,9H,4-5,8H2,1-3H3,(H2,14,17). The second-order valence-corrected chi connectivity index (χ2v) is 5.67. The van der Waals surface area contributed by atoms with Crippen LogP contribution in [0.1, 0.15) is 32.3 Å². The quantitative estimate of drug-likeness (QED) is 0.817. The largest absolute Gasteiger partial charge is 0.392 e. The maximum absolute atomic E-state index is 12.6. The van der Waals surface area contributed by atoms with Crippen LogP contribution < -0.4 is 5.73 Å². The zero-order chi connectivity index (χ0) is 13.8. The van der Waals surface area contributed by atoms with E-state index in [0.29, 0.717) is 24.4 Å². The molecular weight excluding hydrogens is 264 g/mol. The van der Waals surface area contributed by atoms with E-state index in [1.807, 2.05) is 30.7 Å². The maximum Gasteiger partial charge on any atom is 0.235 e. The summed E-state index contributed by atoms with van der Waals surface area (Å²) in [6, 6.07) is 2.02. The van der Waals surface area contributed by atoms with Gasteiger partial charge in [-0.2, -0.15) is 11.3 Å². The van der Waals surface area contributed by atoms with E-state index in [-0.39, 0.29) is 5.91 Å². The van der Waals surface area contributed by atoms with E-state index >= 15 is 0 Å². The lowest BCUT2D eigenvalue weighted by Gasteiger charge is -2.33. The van der Waals surface area contributed by atoms with Crippen molar-refractivity contribution in [3.63, 3.8) is 0 Å². The minimum atomic E-state index is -0.694. The molecule has 1 aromatic heterocycles. The topological polar surface area (TPSA) is 46.3 Å². The molecule has 0 aromatic carbocycles. The molecule has 0 fully saturated rings. The van der Waals surface area contributed by atoms with Crippen LogP contribution in [0.25, 0.3) is 0 Å². The summed E-state index contributed by atoms with van der Waals surface area (Å²) >= 11 is 6.73. The zero-order valence-electron chi connectivity index (χ0n) is 11.1. The molecule has 0 aliphatic carbocycles. The number of hydrogen-bond acceptors (Lipinski definition) is 3. The Kier molecular flexibility index (Phi) is 5.28. The summed E-state index contributed by atoms with van der Waals surface area (Å²) < 4.78 is 0. The van der Waals surface area contributed by atoms with Gasteiger partial charge in [-0.15, -0.1) is 0 Å². The second-order valence-electron chi connectivity index (χ2n) is 4.45. The molecule has 0 aliphatic rings. The van der Waals surface area contributed by atoms with E-state index in [0.717, 1.165) is 5.56 Å². The number of nitrogens with zero attached hydrogens (tertiary/aromatic N) is 1. The molecule has 0 bridgehead atoms. The smallest absolute Gasteiger partial charge is 0.235 e. The predicted molar refractivity (Wildman–Crippen MR) is 80.6 cm³/mol. The van der Waals surface area contributed by atoms with Crippen molar-refractivity contribution in [2.45, 2.75) is 33.2 Å². The van der Waals surface area contributed by atoms with Crippen LogP contribution in [0, 0.1) is 5.41 Å². The minimum Gasteiger partial charge on any atom is -0.392 e. The number of thiocarbonyl (C=S) groups is 1.